The highest BCUT2D eigenvalue weighted by Gasteiger charge is 2.04. The Kier molecular flexibility index (Phi) is 8.38. The Balaban J connectivity index is 0.00000108. The zero-order valence-corrected chi connectivity index (χ0v) is 15.4. The number of fused-ring (bicyclic) bond motifs is 1. The summed E-state index contributed by atoms with van der Waals surface area (Å²) < 4.78 is 0. The predicted molar refractivity (Wildman–Crippen MR) is 97.6 cm³/mol. The van der Waals surface area contributed by atoms with Crippen molar-refractivity contribution in [1.29, 1.82) is 0 Å². The Bertz CT molecular complexity index is 543. The molecular formula is C14H17Br3N2. The van der Waals surface area contributed by atoms with E-state index in [1.807, 2.05) is 6.20 Å². The SMILES string of the molecule is Br.Br.Br.C1=CN(Cc2ccc3ccccc3c2)CN1. The third-order valence-electron chi connectivity index (χ3n) is 2.90. The molecule has 0 radical (unpaired) electrons. The van der Waals surface area contributed by atoms with E-state index in [0.29, 0.717) is 0 Å². The Morgan fingerprint density at radius 2 is 1.68 bits per heavy atom. The lowest BCUT2D eigenvalue weighted by Gasteiger charge is -2.14. The average Bonchev–Trinajstić information content (AvgIpc) is 2.82. The van der Waals surface area contributed by atoms with Gasteiger partial charge in [0, 0.05) is 18.9 Å². The van der Waals surface area contributed by atoms with Gasteiger partial charge in [0.05, 0.1) is 6.67 Å². The maximum absolute atomic E-state index is 3.18. The third kappa shape index (κ3) is 4.51. The van der Waals surface area contributed by atoms with Gasteiger partial charge >= 0.3 is 0 Å². The van der Waals surface area contributed by atoms with E-state index < -0.39 is 0 Å². The second-order valence-electron chi connectivity index (χ2n) is 4.11. The highest BCUT2D eigenvalue weighted by atomic mass is 79.9. The molecule has 0 aromatic heterocycles. The molecule has 0 spiro atoms. The van der Waals surface area contributed by atoms with E-state index in [-0.39, 0.29) is 50.9 Å². The molecule has 2 nitrogen and oxygen atoms in total. The molecule has 5 heteroatoms. The van der Waals surface area contributed by atoms with Gasteiger partial charge in [-0.15, -0.1) is 50.9 Å². The minimum absolute atomic E-state index is 0. The summed E-state index contributed by atoms with van der Waals surface area (Å²) in [5, 5.41) is 5.80. The molecule has 0 unspecified atom stereocenters. The van der Waals surface area contributed by atoms with Crippen LogP contribution in [0, 0.1) is 0 Å². The van der Waals surface area contributed by atoms with Gasteiger partial charge in [-0.25, -0.2) is 0 Å². The van der Waals surface area contributed by atoms with Crippen molar-refractivity contribution >= 4 is 61.7 Å². The molecule has 3 rings (SSSR count). The fraction of sp³-hybridized carbons (Fsp3) is 0.143. The van der Waals surface area contributed by atoms with Gasteiger partial charge in [0.2, 0.25) is 0 Å². The second kappa shape index (κ2) is 8.61. The van der Waals surface area contributed by atoms with Crippen LogP contribution in [-0.4, -0.2) is 11.6 Å². The molecule has 0 amide bonds. The maximum Gasteiger partial charge on any atom is 0.0870 e. The Hall–Kier alpha value is -0.520. The standard InChI is InChI=1S/C14H14N2.3BrH/c1-2-4-14-9-12(5-6-13(14)3-1)10-16-8-7-15-11-16;;;/h1-9,15H,10-11H2;3*1H. The molecule has 0 fully saturated rings. The number of hydrogen-bond donors (Lipinski definition) is 1. The van der Waals surface area contributed by atoms with Gasteiger partial charge in [-0.2, -0.15) is 0 Å². The lowest BCUT2D eigenvalue weighted by atomic mass is 10.1. The summed E-state index contributed by atoms with van der Waals surface area (Å²) in [4.78, 5) is 2.25. The van der Waals surface area contributed by atoms with Crippen molar-refractivity contribution < 1.29 is 0 Å². The number of rotatable bonds is 2. The normalized spacial score (nSPS) is 12.1. The Labute approximate surface area is 145 Å². The molecule has 19 heavy (non-hydrogen) atoms. The maximum atomic E-state index is 3.18. The van der Waals surface area contributed by atoms with Gasteiger partial charge in [-0.1, -0.05) is 36.4 Å². The number of benzene rings is 2. The molecule has 1 aliphatic rings. The lowest BCUT2D eigenvalue weighted by Crippen LogP contribution is -2.19. The summed E-state index contributed by atoms with van der Waals surface area (Å²) in [6.07, 6.45) is 4.08. The quantitative estimate of drug-likeness (QED) is 0.726. The smallest absolute Gasteiger partial charge is 0.0870 e. The minimum atomic E-state index is 0. The van der Waals surface area contributed by atoms with Crippen LogP contribution in [0.4, 0.5) is 0 Å². The van der Waals surface area contributed by atoms with Crippen LogP contribution < -0.4 is 5.32 Å². The first-order valence-corrected chi connectivity index (χ1v) is 5.54. The van der Waals surface area contributed by atoms with E-state index in [1.165, 1.54) is 16.3 Å². The van der Waals surface area contributed by atoms with Crippen LogP contribution in [0.1, 0.15) is 5.56 Å². The summed E-state index contributed by atoms with van der Waals surface area (Å²) in [6, 6.07) is 15.1. The van der Waals surface area contributed by atoms with Crippen LogP contribution in [0.15, 0.2) is 54.9 Å². The molecule has 1 heterocycles. The van der Waals surface area contributed by atoms with Gasteiger partial charge in [-0.05, 0) is 22.4 Å². The molecule has 0 saturated carbocycles. The first kappa shape index (κ1) is 18.5. The fourth-order valence-corrected chi connectivity index (χ4v) is 2.06. The van der Waals surface area contributed by atoms with Gasteiger partial charge in [-0.3, -0.25) is 0 Å². The minimum Gasteiger partial charge on any atom is -0.373 e. The van der Waals surface area contributed by atoms with Crippen molar-refractivity contribution in [2.24, 2.45) is 0 Å². The first-order chi connectivity index (χ1) is 7.92. The fourth-order valence-electron chi connectivity index (χ4n) is 2.06. The second-order valence-corrected chi connectivity index (χ2v) is 4.11. The monoisotopic (exact) mass is 450 g/mol. The van der Waals surface area contributed by atoms with Gasteiger partial charge in [0.15, 0.2) is 0 Å². The van der Waals surface area contributed by atoms with Crippen LogP contribution in [0.25, 0.3) is 10.8 Å². The number of nitrogens with one attached hydrogen (secondary N) is 1. The number of hydrogen-bond acceptors (Lipinski definition) is 2. The zero-order valence-electron chi connectivity index (χ0n) is 10.3. The van der Waals surface area contributed by atoms with Crippen LogP contribution in [0.3, 0.4) is 0 Å². The molecule has 0 saturated heterocycles. The molecule has 1 aliphatic heterocycles. The third-order valence-corrected chi connectivity index (χ3v) is 2.90. The molecule has 1 N–H and O–H groups in total. The van der Waals surface area contributed by atoms with E-state index in [2.05, 4.69) is 58.9 Å². The van der Waals surface area contributed by atoms with Gasteiger partial charge in [0.25, 0.3) is 0 Å². The number of nitrogens with zero attached hydrogens (tertiary/aromatic N) is 1. The van der Waals surface area contributed by atoms with E-state index >= 15 is 0 Å². The summed E-state index contributed by atoms with van der Waals surface area (Å²) in [5.41, 5.74) is 1.35. The highest BCUT2D eigenvalue weighted by molar-refractivity contribution is 8.93. The number of halogens is 3. The van der Waals surface area contributed by atoms with E-state index in [9.17, 15) is 0 Å². The van der Waals surface area contributed by atoms with Crippen molar-refractivity contribution in [2.75, 3.05) is 6.67 Å². The summed E-state index contributed by atoms with van der Waals surface area (Å²) in [6.45, 7) is 1.88. The van der Waals surface area contributed by atoms with E-state index in [1.54, 1.807) is 0 Å². The molecule has 0 bridgehead atoms. The Morgan fingerprint density at radius 3 is 2.37 bits per heavy atom. The van der Waals surface area contributed by atoms with Crippen molar-refractivity contribution in [3.63, 3.8) is 0 Å². The molecule has 0 atom stereocenters. The highest BCUT2D eigenvalue weighted by Crippen LogP contribution is 2.17. The first-order valence-electron chi connectivity index (χ1n) is 5.54. The van der Waals surface area contributed by atoms with Crippen molar-refractivity contribution in [3.8, 4) is 0 Å². The molecule has 2 aromatic carbocycles. The van der Waals surface area contributed by atoms with Crippen LogP contribution in [0.2, 0.25) is 0 Å². The summed E-state index contributed by atoms with van der Waals surface area (Å²) in [5.74, 6) is 0. The molecule has 0 aliphatic carbocycles. The zero-order chi connectivity index (χ0) is 10.8. The van der Waals surface area contributed by atoms with E-state index in [4.69, 9.17) is 0 Å². The van der Waals surface area contributed by atoms with Crippen LogP contribution in [-0.2, 0) is 6.54 Å². The largest absolute Gasteiger partial charge is 0.373 e. The van der Waals surface area contributed by atoms with Crippen LogP contribution >= 0.6 is 50.9 Å². The van der Waals surface area contributed by atoms with E-state index in [0.717, 1.165) is 13.2 Å². The molecule has 104 valence electrons. The van der Waals surface area contributed by atoms with Crippen molar-refractivity contribution in [2.45, 2.75) is 6.54 Å². The Morgan fingerprint density at radius 1 is 0.947 bits per heavy atom. The average molecular weight is 453 g/mol. The van der Waals surface area contributed by atoms with Gasteiger partial charge < -0.3 is 10.2 Å². The topological polar surface area (TPSA) is 15.3 Å². The lowest BCUT2D eigenvalue weighted by molar-refractivity contribution is 0.385. The van der Waals surface area contributed by atoms with Gasteiger partial charge in [0.1, 0.15) is 0 Å². The summed E-state index contributed by atoms with van der Waals surface area (Å²) in [7, 11) is 0. The van der Waals surface area contributed by atoms with Crippen molar-refractivity contribution in [1.82, 2.24) is 10.2 Å². The summed E-state index contributed by atoms with van der Waals surface area (Å²) >= 11 is 0. The predicted octanol–water partition coefficient (Wildman–Crippen LogP) is 4.41. The van der Waals surface area contributed by atoms with Crippen molar-refractivity contribution in [3.05, 3.63) is 60.4 Å². The molecular weight excluding hydrogens is 436 g/mol. The van der Waals surface area contributed by atoms with Crippen LogP contribution in [0.5, 0.6) is 0 Å². The molecule has 2 aromatic rings.